The number of rotatable bonds is 5. The van der Waals surface area contributed by atoms with Gasteiger partial charge in [-0.25, -0.2) is 4.79 Å². The monoisotopic (exact) mass is 336 g/mol. The lowest BCUT2D eigenvalue weighted by Gasteiger charge is -2.16. The first-order valence-electron chi connectivity index (χ1n) is 7.70. The summed E-state index contributed by atoms with van der Waals surface area (Å²) < 4.78 is 1.38. The van der Waals surface area contributed by atoms with Gasteiger partial charge in [-0.1, -0.05) is 60.7 Å². The van der Waals surface area contributed by atoms with Crippen LogP contribution in [0.15, 0.2) is 65.5 Å². The molecule has 0 aliphatic rings. The summed E-state index contributed by atoms with van der Waals surface area (Å²) in [6, 6.07) is 18.5. The van der Waals surface area contributed by atoms with Crippen LogP contribution in [0.1, 0.15) is 27.4 Å². The second-order valence-corrected chi connectivity index (χ2v) is 5.57. The van der Waals surface area contributed by atoms with Gasteiger partial charge in [0.25, 0.3) is 0 Å². The van der Waals surface area contributed by atoms with Crippen molar-refractivity contribution in [1.82, 2.24) is 9.55 Å². The molecule has 3 aromatic rings. The van der Waals surface area contributed by atoms with Crippen molar-refractivity contribution in [1.29, 1.82) is 0 Å². The van der Waals surface area contributed by atoms with Crippen LogP contribution in [0.2, 0.25) is 0 Å². The van der Waals surface area contributed by atoms with E-state index in [2.05, 4.69) is 4.98 Å². The van der Waals surface area contributed by atoms with E-state index in [4.69, 9.17) is 0 Å². The summed E-state index contributed by atoms with van der Waals surface area (Å²) in [5.41, 5.74) is 0.338. The molecule has 6 nitrogen and oxygen atoms in total. The van der Waals surface area contributed by atoms with Crippen molar-refractivity contribution in [2.45, 2.75) is 13.0 Å². The fourth-order valence-electron chi connectivity index (χ4n) is 2.66. The molecule has 0 saturated carbocycles. The Bertz CT molecular complexity index is 950. The molecule has 0 atom stereocenters. The van der Waals surface area contributed by atoms with E-state index >= 15 is 0 Å². The molecule has 0 unspecified atom stereocenters. The van der Waals surface area contributed by atoms with Crippen LogP contribution in [0.25, 0.3) is 0 Å². The molecule has 3 rings (SSSR count). The summed E-state index contributed by atoms with van der Waals surface area (Å²) in [6.45, 7) is 0.186. The van der Waals surface area contributed by atoms with Crippen molar-refractivity contribution in [3.63, 3.8) is 0 Å². The Morgan fingerprint density at radius 2 is 1.52 bits per heavy atom. The minimum absolute atomic E-state index is 0.186. The van der Waals surface area contributed by atoms with E-state index < -0.39 is 23.0 Å². The summed E-state index contributed by atoms with van der Waals surface area (Å²) in [4.78, 5) is 27.5. The van der Waals surface area contributed by atoms with E-state index in [0.717, 1.165) is 11.1 Å². The molecule has 2 aromatic carbocycles. The van der Waals surface area contributed by atoms with Gasteiger partial charge in [0.05, 0.1) is 0 Å². The highest BCUT2D eigenvalue weighted by Gasteiger charge is 2.22. The Kier molecular flexibility index (Phi) is 4.61. The zero-order valence-corrected chi connectivity index (χ0v) is 13.3. The molecule has 0 fully saturated rings. The van der Waals surface area contributed by atoms with Crippen LogP contribution < -0.4 is 5.56 Å². The topological polar surface area (TPSA) is 92.4 Å². The van der Waals surface area contributed by atoms with Gasteiger partial charge in [-0.15, -0.1) is 0 Å². The first-order chi connectivity index (χ1) is 12.1. The summed E-state index contributed by atoms with van der Waals surface area (Å²) in [6.07, 6.45) is 0.281. The lowest BCUT2D eigenvalue weighted by molar-refractivity contribution is 0.0679. The van der Waals surface area contributed by atoms with Crippen LogP contribution >= 0.6 is 0 Å². The number of hydrogen-bond donors (Lipinski definition) is 2. The molecule has 0 saturated heterocycles. The van der Waals surface area contributed by atoms with Crippen LogP contribution in [0.5, 0.6) is 5.75 Å². The number of benzene rings is 2. The van der Waals surface area contributed by atoms with Crippen molar-refractivity contribution < 1.29 is 15.0 Å². The van der Waals surface area contributed by atoms with Crippen LogP contribution in [0.4, 0.5) is 0 Å². The van der Waals surface area contributed by atoms with Crippen LogP contribution in [0, 0.1) is 0 Å². The fraction of sp³-hybridized carbons (Fsp3) is 0.105. The SMILES string of the molecule is O=C(O)c1c(O)c(=O)nc(Cc2ccccc2)n1Cc1ccccc1. The van der Waals surface area contributed by atoms with Gasteiger partial charge in [0.15, 0.2) is 5.69 Å². The maximum atomic E-state index is 11.9. The number of nitrogens with zero attached hydrogens (tertiary/aromatic N) is 2. The third-order valence-electron chi connectivity index (χ3n) is 3.83. The number of carboxylic acids is 1. The Hall–Kier alpha value is -3.41. The first kappa shape index (κ1) is 16.4. The number of aromatic nitrogens is 2. The molecule has 0 aliphatic heterocycles. The molecule has 1 heterocycles. The highest BCUT2D eigenvalue weighted by Crippen LogP contribution is 2.17. The Morgan fingerprint density at radius 3 is 2.08 bits per heavy atom. The van der Waals surface area contributed by atoms with E-state index in [1.54, 1.807) is 0 Å². The lowest BCUT2D eigenvalue weighted by Crippen LogP contribution is -2.25. The van der Waals surface area contributed by atoms with Gasteiger partial charge < -0.3 is 14.8 Å². The molecule has 2 N–H and O–H groups in total. The second-order valence-electron chi connectivity index (χ2n) is 5.57. The predicted molar refractivity (Wildman–Crippen MR) is 91.9 cm³/mol. The summed E-state index contributed by atoms with van der Waals surface area (Å²) in [5, 5.41) is 19.4. The van der Waals surface area contributed by atoms with Gasteiger partial charge in [0.2, 0.25) is 5.75 Å². The molecule has 0 spiro atoms. The van der Waals surface area contributed by atoms with Gasteiger partial charge in [0, 0.05) is 13.0 Å². The average molecular weight is 336 g/mol. The summed E-state index contributed by atoms with van der Waals surface area (Å²) >= 11 is 0. The molecule has 25 heavy (non-hydrogen) atoms. The van der Waals surface area contributed by atoms with E-state index in [1.807, 2.05) is 60.7 Å². The molecule has 1 aromatic heterocycles. The van der Waals surface area contributed by atoms with Crippen LogP contribution in [-0.2, 0) is 13.0 Å². The highest BCUT2D eigenvalue weighted by molar-refractivity contribution is 5.88. The number of hydrogen-bond acceptors (Lipinski definition) is 4. The largest absolute Gasteiger partial charge is 0.501 e. The van der Waals surface area contributed by atoms with E-state index in [-0.39, 0.29) is 18.8 Å². The fourth-order valence-corrected chi connectivity index (χ4v) is 2.66. The van der Waals surface area contributed by atoms with Crippen LogP contribution in [0.3, 0.4) is 0 Å². The third kappa shape index (κ3) is 3.58. The molecule has 126 valence electrons. The normalized spacial score (nSPS) is 10.6. The lowest BCUT2D eigenvalue weighted by atomic mass is 10.1. The minimum Gasteiger partial charge on any atom is -0.501 e. The molecule has 0 aliphatic carbocycles. The van der Waals surface area contributed by atoms with Gasteiger partial charge >= 0.3 is 11.5 Å². The molecular formula is C19H16N2O4. The quantitative estimate of drug-likeness (QED) is 0.746. The summed E-state index contributed by atoms with van der Waals surface area (Å²) in [7, 11) is 0. The predicted octanol–water partition coefficient (Wildman–Crippen LogP) is 2.29. The van der Waals surface area contributed by atoms with Crippen molar-refractivity contribution in [2.75, 3.05) is 0 Å². The van der Waals surface area contributed by atoms with Crippen molar-refractivity contribution in [3.05, 3.63) is 93.7 Å². The van der Waals surface area contributed by atoms with E-state index in [1.165, 1.54) is 4.57 Å². The van der Waals surface area contributed by atoms with E-state index in [9.17, 15) is 19.8 Å². The van der Waals surface area contributed by atoms with Gasteiger partial charge in [0.1, 0.15) is 5.82 Å². The molecule has 6 heteroatoms. The second kappa shape index (κ2) is 7.00. The maximum Gasteiger partial charge on any atom is 0.356 e. The first-order valence-corrected chi connectivity index (χ1v) is 7.70. The van der Waals surface area contributed by atoms with E-state index in [0.29, 0.717) is 0 Å². The zero-order chi connectivity index (χ0) is 17.8. The number of carbonyl (C=O) groups is 1. The van der Waals surface area contributed by atoms with Gasteiger partial charge in [-0.05, 0) is 11.1 Å². The number of aromatic carboxylic acids is 1. The van der Waals surface area contributed by atoms with Gasteiger partial charge in [-0.2, -0.15) is 4.98 Å². The Morgan fingerprint density at radius 1 is 0.960 bits per heavy atom. The molecule has 0 amide bonds. The maximum absolute atomic E-state index is 11.9. The van der Waals surface area contributed by atoms with Crippen molar-refractivity contribution >= 4 is 5.97 Å². The number of carboxylic acid groups (broad SMARTS) is 1. The van der Waals surface area contributed by atoms with Crippen LogP contribution in [-0.4, -0.2) is 25.7 Å². The minimum atomic E-state index is -1.37. The Balaban J connectivity index is 2.15. The molecule has 0 radical (unpaired) electrons. The smallest absolute Gasteiger partial charge is 0.356 e. The standard InChI is InChI=1S/C19H16N2O4/c22-17-16(19(24)25)21(12-14-9-5-2-6-10-14)15(20-18(17)23)11-13-7-3-1-4-8-13/h1-10,22H,11-12H2,(H,24,25). The molecular weight excluding hydrogens is 320 g/mol. The van der Waals surface area contributed by atoms with Crippen molar-refractivity contribution in [3.8, 4) is 5.75 Å². The molecule has 0 bridgehead atoms. The number of aromatic hydroxyl groups is 1. The Labute approximate surface area is 143 Å². The van der Waals surface area contributed by atoms with Gasteiger partial charge in [-0.3, -0.25) is 4.79 Å². The zero-order valence-electron chi connectivity index (χ0n) is 13.3. The van der Waals surface area contributed by atoms with Crippen molar-refractivity contribution in [2.24, 2.45) is 0 Å². The summed E-state index contributed by atoms with van der Waals surface area (Å²) in [5.74, 6) is -1.93. The highest BCUT2D eigenvalue weighted by atomic mass is 16.4. The third-order valence-corrected chi connectivity index (χ3v) is 3.83. The average Bonchev–Trinajstić information content (AvgIpc) is 2.61.